The molecule has 3 rings (SSSR count). The minimum Gasteiger partial charge on any atom is -0.235 e. The van der Waals surface area contributed by atoms with Crippen molar-refractivity contribution in [2.24, 2.45) is 0 Å². The fraction of sp³-hybridized carbons (Fsp3) is 0. The molecule has 0 fully saturated rings. The molecule has 23 heavy (non-hydrogen) atoms. The summed E-state index contributed by atoms with van der Waals surface area (Å²) in [7, 11) is 0. The van der Waals surface area contributed by atoms with Gasteiger partial charge in [0.05, 0.1) is 11.3 Å². The molecule has 0 amide bonds. The number of allylic oxidation sites excluding steroid dienone is 1. The van der Waals surface area contributed by atoms with Gasteiger partial charge in [-0.15, -0.1) is 11.3 Å². The van der Waals surface area contributed by atoms with Crippen molar-refractivity contribution in [3.63, 3.8) is 0 Å². The van der Waals surface area contributed by atoms with Crippen LogP contribution in [0.3, 0.4) is 0 Å². The normalized spacial score (nSPS) is 11.3. The molecule has 112 valence electrons. The van der Waals surface area contributed by atoms with Crippen molar-refractivity contribution in [1.82, 2.24) is 4.98 Å². The minimum atomic E-state index is -0.281. The van der Waals surface area contributed by atoms with Crippen molar-refractivity contribution >= 4 is 38.9 Å². The molecule has 2 nitrogen and oxygen atoms in total. The van der Waals surface area contributed by atoms with Crippen molar-refractivity contribution < 1.29 is 4.39 Å². The van der Waals surface area contributed by atoms with Crippen LogP contribution in [0.2, 0.25) is 0 Å². The summed E-state index contributed by atoms with van der Waals surface area (Å²) in [6, 6.07) is 16.1. The smallest absolute Gasteiger partial charge is 0.134 e. The highest BCUT2D eigenvalue weighted by molar-refractivity contribution is 9.10. The van der Waals surface area contributed by atoms with E-state index in [-0.39, 0.29) is 5.82 Å². The van der Waals surface area contributed by atoms with E-state index in [0.717, 1.165) is 21.3 Å². The van der Waals surface area contributed by atoms with Crippen LogP contribution in [0.4, 0.5) is 4.39 Å². The Kier molecular flexibility index (Phi) is 4.65. The third-order valence-corrected chi connectivity index (χ3v) is 4.52. The molecule has 0 aliphatic heterocycles. The van der Waals surface area contributed by atoms with Crippen LogP contribution in [0.15, 0.2) is 58.4 Å². The SMILES string of the molecule is N#C/C(=C\c1cccc(Br)c1)c1nc(-c2ccc(F)cc2)cs1. The lowest BCUT2D eigenvalue weighted by Gasteiger charge is -1.97. The summed E-state index contributed by atoms with van der Waals surface area (Å²) >= 11 is 4.81. The monoisotopic (exact) mass is 384 g/mol. The van der Waals surface area contributed by atoms with Crippen molar-refractivity contribution in [3.05, 3.63) is 74.8 Å². The quantitative estimate of drug-likeness (QED) is 0.536. The maximum atomic E-state index is 13.0. The number of rotatable bonds is 3. The molecule has 5 heteroatoms. The number of thiazole rings is 1. The van der Waals surface area contributed by atoms with Gasteiger partial charge in [0.15, 0.2) is 0 Å². The van der Waals surface area contributed by atoms with Gasteiger partial charge in [-0.2, -0.15) is 5.26 Å². The van der Waals surface area contributed by atoms with E-state index in [0.29, 0.717) is 10.6 Å². The Bertz CT molecular complexity index is 907. The summed E-state index contributed by atoms with van der Waals surface area (Å²) in [4.78, 5) is 4.49. The van der Waals surface area contributed by atoms with E-state index in [2.05, 4.69) is 27.0 Å². The van der Waals surface area contributed by atoms with E-state index in [1.165, 1.54) is 23.5 Å². The van der Waals surface area contributed by atoms with Crippen LogP contribution < -0.4 is 0 Å². The van der Waals surface area contributed by atoms with E-state index in [1.54, 1.807) is 18.2 Å². The van der Waals surface area contributed by atoms with E-state index >= 15 is 0 Å². The Balaban J connectivity index is 1.94. The number of hydrogen-bond donors (Lipinski definition) is 0. The molecule has 1 heterocycles. The first-order valence-corrected chi connectivity index (χ1v) is 8.42. The molecule has 0 unspecified atom stereocenters. The third-order valence-electron chi connectivity index (χ3n) is 3.15. The molecule has 0 spiro atoms. The fourth-order valence-corrected chi connectivity index (χ4v) is 3.27. The van der Waals surface area contributed by atoms with E-state index < -0.39 is 0 Å². The Morgan fingerprint density at radius 3 is 2.70 bits per heavy atom. The molecule has 0 bridgehead atoms. The highest BCUT2D eigenvalue weighted by Crippen LogP contribution is 2.27. The second kappa shape index (κ2) is 6.86. The Morgan fingerprint density at radius 1 is 1.22 bits per heavy atom. The van der Waals surface area contributed by atoms with Crippen LogP contribution in [0.5, 0.6) is 0 Å². The number of nitriles is 1. The molecule has 2 aromatic carbocycles. The van der Waals surface area contributed by atoms with Crippen LogP contribution in [-0.2, 0) is 0 Å². The van der Waals surface area contributed by atoms with Gasteiger partial charge in [-0.3, -0.25) is 0 Å². The topological polar surface area (TPSA) is 36.7 Å². The minimum absolute atomic E-state index is 0.281. The van der Waals surface area contributed by atoms with E-state index in [9.17, 15) is 9.65 Å². The molecular formula is C18H10BrFN2S. The van der Waals surface area contributed by atoms with Gasteiger partial charge >= 0.3 is 0 Å². The van der Waals surface area contributed by atoms with E-state index in [4.69, 9.17) is 0 Å². The van der Waals surface area contributed by atoms with Crippen molar-refractivity contribution in [1.29, 1.82) is 5.26 Å². The predicted molar refractivity (Wildman–Crippen MR) is 95.1 cm³/mol. The molecule has 0 radical (unpaired) electrons. The lowest BCUT2D eigenvalue weighted by molar-refractivity contribution is 0.628. The van der Waals surface area contributed by atoms with Crippen molar-refractivity contribution in [3.8, 4) is 17.3 Å². The first-order valence-electron chi connectivity index (χ1n) is 6.75. The largest absolute Gasteiger partial charge is 0.235 e. The first kappa shape index (κ1) is 15.6. The Labute approximate surface area is 145 Å². The summed E-state index contributed by atoms with van der Waals surface area (Å²) in [5, 5.41) is 11.9. The summed E-state index contributed by atoms with van der Waals surface area (Å²) in [6.45, 7) is 0. The molecule has 0 N–H and O–H groups in total. The lowest BCUT2D eigenvalue weighted by Crippen LogP contribution is -1.83. The number of halogens is 2. The summed E-state index contributed by atoms with van der Waals surface area (Å²) in [6.07, 6.45) is 1.80. The number of aromatic nitrogens is 1. The molecule has 1 aromatic heterocycles. The summed E-state index contributed by atoms with van der Waals surface area (Å²) in [5.41, 5.74) is 2.99. The van der Waals surface area contributed by atoms with Gasteiger partial charge in [-0.05, 0) is 48.0 Å². The van der Waals surface area contributed by atoms with Crippen LogP contribution in [0, 0.1) is 17.1 Å². The molecule has 0 atom stereocenters. The zero-order valence-electron chi connectivity index (χ0n) is 11.8. The number of hydrogen-bond acceptors (Lipinski definition) is 3. The maximum absolute atomic E-state index is 13.0. The van der Waals surface area contributed by atoms with Gasteiger partial charge < -0.3 is 0 Å². The summed E-state index contributed by atoms with van der Waals surface area (Å²) in [5.74, 6) is -0.281. The van der Waals surface area contributed by atoms with Gasteiger partial charge in [0.25, 0.3) is 0 Å². The summed E-state index contributed by atoms with van der Waals surface area (Å²) < 4.78 is 13.9. The molecular weight excluding hydrogens is 375 g/mol. The average molecular weight is 385 g/mol. The van der Waals surface area contributed by atoms with Gasteiger partial charge in [-0.1, -0.05) is 28.1 Å². The number of benzene rings is 2. The van der Waals surface area contributed by atoms with Crippen LogP contribution in [-0.4, -0.2) is 4.98 Å². The van der Waals surface area contributed by atoms with Crippen molar-refractivity contribution in [2.75, 3.05) is 0 Å². The van der Waals surface area contributed by atoms with Gasteiger partial charge in [0, 0.05) is 15.4 Å². The third kappa shape index (κ3) is 3.73. The second-order valence-electron chi connectivity index (χ2n) is 4.77. The van der Waals surface area contributed by atoms with Crippen molar-refractivity contribution in [2.45, 2.75) is 0 Å². The van der Waals surface area contributed by atoms with Crippen LogP contribution in [0.1, 0.15) is 10.6 Å². The molecule has 0 saturated carbocycles. The molecule has 0 aliphatic carbocycles. The molecule has 0 saturated heterocycles. The second-order valence-corrected chi connectivity index (χ2v) is 6.54. The Morgan fingerprint density at radius 2 is 2.00 bits per heavy atom. The highest BCUT2D eigenvalue weighted by atomic mass is 79.9. The molecule has 0 aliphatic rings. The Hall–Kier alpha value is -2.29. The lowest BCUT2D eigenvalue weighted by atomic mass is 10.1. The number of nitrogens with zero attached hydrogens (tertiary/aromatic N) is 2. The standard InChI is InChI=1S/C18H10BrFN2S/c19-15-3-1-2-12(9-15)8-14(10-21)18-22-17(11-23-18)13-4-6-16(20)7-5-13/h1-9,11H/b14-8+. The first-order chi connectivity index (χ1) is 11.2. The predicted octanol–water partition coefficient (Wildman–Crippen LogP) is 5.78. The van der Waals surface area contributed by atoms with Gasteiger partial charge in [0.2, 0.25) is 0 Å². The maximum Gasteiger partial charge on any atom is 0.134 e. The highest BCUT2D eigenvalue weighted by Gasteiger charge is 2.09. The van der Waals surface area contributed by atoms with Crippen LogP contribution in [0.25, 0.3) is 22.9 Å². The average Bonchev–Trinajstić information content (AvgIpc) is 3.03. The fourth-order valence-electron chi connectivity index (χ4n) is 2.06. The van der Waals surface area contributed by atoms with E-state index in [1.807, 2.05) is 29.6 Å². The molecule has 3 aromatic rings. The zero-order chi connectivity index (χ0) is 16.2. The van der Waals surface area contributed by atoms with Gasteiger partial charge in [0.1, 0.15) is 16.9 Å². The zero-order valence-corrected chi connectivity index (χ0v) is 14.2. The van der Waals surface area contributed by atoms with Gasteiger partial charge in [-0.25, -0.2) is 9.37 Å². The van der Waals surface area contributed by atoms with Crippen LogP contribution >= 0.6 is 27.3 Å².